The second-order valence-electron chi connectivity index (χ2n) is 4.74. The van der Waals surface area contributed by atoms with Gasteiger partial charge in [0.25, 0.3) is 0 Å². The zero-order valence-corrected chi connectivity index (χ0v) is 7.37. The Morgan fingerprint density at radius 1 is 1.50 bits per heavy atom. The second kappa shape index (κ2) is 1.84. The van der Waals surface area contributed by atoms with Crippen LogP contribution in [0.1, 0.15) is 26.7 Å². The van der Waals surface area contributed by atoms with E-state index in [1.165, 1.54) is 0 Å². The molecule has 0 radical (unpaired) electrons. The van der Waals surface area contributed by atoms with Crippen LogP contribution in [0, 0.1) is 17.3 Å². The van der Waals surface area contributed by atoms with E-state index in [2.05, 4.69) is 0 Å². The Kier molecular flexibility index (Phi) is 1.24. The number of carbonyl (C=O) groups is 1. The van der Waals surface area contributed by atoms with Crippen molar-refractivity contribution < 1.29 is 15.0 Å². The molecule has 3 fully saturated rings. The summed E-state index contributed by atoms with van der Waals surface area (Å²) in [4.78, 5) is 10.8. The minimum Gasteiger partial charge on any atom is -0.479 e. The number of aliphatic hydroxyl groups is 1. The van der Waals surface area contributed by atoms with E-state index in [1.54, 1.807) is 0 Å². The molecule has 2 N–H and O–H groups in total. The third kappa shape index (κ3) is 0.637. The first-order valence-corrected chi connectivity index (χ1v) is 4.35. The zero-order chi connectivity index (χ0) is 9.15. The van der Waals surface area contributed by atoms with Gasteiger partial charge in [0, 0.05) is 5.92 Å². The Morgan fingerprint density at radius 2 is 2.08 bits per heavy atom. The summed E-state index contributed by atoms with van der Waals surface area (Å²) >= 11 is 0. The topological polar surface area (TPSA) is 57.5 Å². The van der Waals surface area contributed by atoms with Crippen molar-refractivity contribution in [3.63, 3.8) is 0 Å². The summed E-state index contributed by atoms with van der Waals surface area (Å²) in [5.41, 5.74) is -1.39. The highest BCUT2D eigenvalue weighted by Gasteiger charge is 2.68. The number of carboxylic acid groups (broad SMARTS) is 1. The Balaban J connectivity index is 2.31. The summed E-state index contributed by atoms with van der Waals surface area (Å²) in [6.45, 7) is 4.10. The molecule has 3 aliphatic rings. The van der Waals surface area contributed by atoms with Crippen molar-refractivity contribution in [2.75, 3.05) is 0 Å². The second-order valence-corrected chi connectivity index (χ2v) is 4.74. The van der Waals surface area contributed by atoms with Crippen LogP contribution in [0.5, 0.6) is 0 Å². The van der Waals surface area contributed by atoms with Crippen molar-refractivity contribution in [1.82, 2.24) is 0 Å². The highest BCUT2D eigenvalue weighted by molar-refractivity contribution is 5.79. The van der Waals surface area contributed by atoms with Gasteiger partial charge in [0.2, 0.25) is 0 Å². The lowest BCUT2D eigenvalue weighted by atomic mass is 9.59. The fourth-order valence-corrected chi connectivity index (χ4v) is 2.93. The van der Waals surface area contributed by atoms with E-state index in [4.69, 9.17) is 5.11 Å². The monoisotopic (exact) mass is 170 g/mol. The summed E-state index contributed by atoms with van der Waals surface area (Å²) in [6.07, 6.45) is 1.33. The van der Waals surface area contributed by atoms with E-state index in [0.29, 0.717) is 12.3 Å². The van der Waals surface area contributed by atoms with E-state index in [1.807, 2.05) is 13.8 Å². The highest BCUT2D eigenvalue weighted by atomic mass is 16.4. The normalized spacial score (nSPS) is 48.6. The molecular weight excluding hydrogens is 156 g/mol. The van der Waals surface area contributed by atoms with E-state index < -0.39 is 11.6 Å². The van der Waals surface area contributed by atoms with E-state index in [9.17, 15) is 9.90 Å². The van der Waals surface area contributed by atoms with Crippen LogP contribution in [0.2, 0.25) is 0 Å². The van der Waals surface area contributed by atoms with E-state index in [0.717, 1.165) is 6.42 Å². The maximum Gasteiger partial charge on any atom is 0.335 e. The van der Waals surface area contributed by atoms with Gasteiger partial charge in [-0.05, 0) is 24.2 Å². The number of rotatable bonds is 1. The third-order valence-corrected chi connectivity index (χ3v) is 3.97. The highest BCUT2D eigenvalue weighted by Crippen LogP contribution is 2.66. The maximum atomic E-state index is 10.8. The summed E-state index contributed by atoms with van der Waals surface area (Å²) in [5.74, 6) is -0.670. The standard InChI is InChI=1S/C9H14O3/c1-8(2)5-3-6(8)9(12,4-5)7(10)11/h5-6,12H,3-4H2,1-2H3,(H,10,11)/t5-,6+,9-/m0/s1. The van der Waals surface area contributed by atoms with Crippen LogP contribution in [0.3, 0.4) is 0 Å². The van der Waals surface area contributed by atoms with Crippen LogP contribution in [0.15, 0.2) is 0 Å². The Bertz CT molecular complexity index is 246. The van der Waals surface area contributed by atoms with Crippen LogP contribution < -0.4 is 0 Å². The number of fused-ring (bicyclic) bond motifs is 1. The zero-order valence-electron chi connectivity index (χ0n) is 7.37. The fraction of sp³-hybridized carbons (Fsp3) is 0.889. The third-order valence-electron chi connectivity index (χ3n) is 3.97. The van der Waals surface area contributed by atoms with Gasteiger partial charge < -0.3 is 10.2 Å². The van der Waals surface area contributed by atoms with Gasteiger partial charge in [-0.15, -0.1) is 0 Å². The molecule has 0 spiro atoms. The van der Waals surface area contributed by atoms with Gasteiger partial charge in [0.1, 0.15) is 0 Å². The minimum absolute atomic E-state index is 0.0347. The molecule has 12 heavy (non-hydrogen) atoms. The molecule has 3 saturated carbocycles. The lowest BCUT2D eigenvalue weighted by Crippen LogP contribution is -2.48. The molecule has 0 aromatic heterocycles. The van der Waals surface area contributed by atoms with E-state index >= 15 is 0 Å². The van der Waals surface area contributed by atoms with Gasteiger partial charge in [-0.2, -0.15) is 0 Å². The largest absolute Gasteiger partial charge is 0.479 e. The molecule has 3 nitrogen and oxygen atoms in total. The molecule has 0 amide bonds. The molecule has 2 bridgehead atoms. The molecule has 3 heteroatoms. The molecule has 0 unspecified atom stereocenters. The summed E-state index contributed by atoms with van der Waals surface area (Å²) in [7, 11) is 0. The first kappa shape index (κ1) is 8.05. The average Bonchev–Trinajstić information content (AvgIpc) is 2.39. The molecular formula is C9H14O3. The van der Waals surface area contributed by atoms with E-state index in [-0.39, 0.29) is 11.3 Å². The predicted octanol–water partition coefficient (Wildman–Crippen LogP) is 0.868. The number of aliphatic carboxylic acids is 1. The number of hydrogen-bond donors (Lipinski definition) is 2. The fourth-order valence-electron chi connectivity index (χ4n) is 2.93. The lowest BCUT2D eigenvalue weighted by Gasteiger charge is -2.45. The molecule has 0 aliphatic heterocycles. The predicted molar refractivity (Wildman–Crippen MR) is 42.6 cm³/mol. The smallest absolute Gasteiger partial charge is 0.335 e. The maximum absolute atomic E-state index is 10.8. The van der Waals surface area contributed by atoms with Crippen LogP contribution in [0.4, 0.5) is 0 Å². The molecule has 3 rings (SSSR count). The molecule has 0 aromatic rings. The van der Waals surface area contributed by atoms with Gasteiger partial charge in [-0.25, -0.2) is 4.79 Å². The van der Waals surface area contributed by atoms with Gasteiger partial charge in [-0.1, -0.05) is 13.8 Å². The molecule has 0 heterocycles. The Morgan fingerprint density at radius 3 is 2.25 bits per heavy atom. The van der Waals surface area contributed by atoms with Crippen molar-refractivity contribution in [3.05, 3.63) is 0 Å². The van der Waals surface area contributed by atoms with Crippen LogP contribution >= 0.6 is 0 Å². The lowest BCUT2D eigenvalue weighted by molar-refractivity contribution is -0.165. The molecule has 3 aliphatic carbocycles. The molecule has 3 atom stereocenters. The van der Waals surface area contributed by atoms with Gasteiger partial charge in [0.05, 0.1) is 0 Å². The van der Waals surface area contributed by atoms with Crippen LogP contribution in [-0.4, -0.2) is 21.8 Å². The number of hydrogen-bond acceptors (Lipinski definition) is 2. The SMILES string of the molecule is CC1(C)[C@H]2C[C@H]1[C@](O)(C(=O)O)C2. The summed E-state index contributed by atoms with van der Waals surface area (Å²) < 4.78 is 0. The van der Waals surface area contributed by atoms with Crippen molar-refractivity contribution in [2.24, 2.45) is 17.3 Å². The average molecular weight is 170 g/mol. The van der Waals surface area contributed by atoms with Gasteiger partial charge >= 0.3 is 5.97 Å². The van der Waals surface area contributed by atoms with Crippen molar-refractivity contribution in [2.45, 2.75) is 32.3 Å². The summed E-state index contributed by atoms with van der Waals surface area (Å²) in [6, 6.07) is 0. The van der Waals surface area contributed by atoms with Crippen LogP contribution in [0.25, 0.3) is 0 Å². The Hall–Kier alpha value is -0.570. The van der Waals surface area contributed by atoms with Gasteiger partial charge in [0.15, 0.2) is 5.60 Å². The molecule has 0 aromatic carbocycles. The molecule has 0 saturated heterocycles. The quantitative estimate of drug-likeness (QED) is 0.614. The minimum atomic E-state index is -1.42. The molecule has 68 valence electrons. The van der Waals surface area contributed by atoms with Gasteiger partial charge in [-0.3, -0.25) is 0 Å². The Labute approximate surface area is 71.4 Å². The number of carboxylic acids is 1. The van der Waals surface area contributed by atoms with Crippen LogP contribution in [-0.2, 0) is 4.79 Å². The first-order valence-electron chi connectivity index (χ1n) is 4.35. The first-order chi connectivity index (χ1) is 5.39. The summed E-state index contributed by atoms with van der Waals surface area (Å²) in [5, 5.41) is 18.7. The van der Waals surface area contributed by atoms with Crippen molar-refractivity contribution in [3.8, 4) is 0 Å². The van der Waals surface area contributed by atoms with Crippen molar-refractivity contribution in [1.29, 1.82) is 0 Å². The van der Waals surface area contributed by atoms with Crippen molar-refractivity contribution >= 4 is 5.97 Å².